The van der Waals surface area contributed by atoms with Gasteiger partial charge >= 0.3 is 0 Å². The molecule has 0 aliphatic rings. The smallest absolute Gasteiger partial charge is 0.200 e. The minimum Gasteiger partial charge on any atom is -0.490 e. The lowest BCUT2D eigenvalue weighted by Gasteiger charge is -2.22. The molecule has 0 radical (unpaired) electrons. The Morgan fingerprint density at radius 3 is 2.65 bits per heavy atom. The Morgan fingerprint density at radius 1 is 1.41 bits per heavy atom. The van der Waals surface area contributed by atoms with E-state index in [4.69, 9.17) is 22.7 Å². The van der Waals surface area contributed by atoms with Crippen LogP contribution >= 0.6 is 12.2 Å². The summed E-state index contributed by atoms with van der Waals surface area (Å²) < 4.78 is 31.3. The van der Waals surface area contributed by atoms with Crippen LogP contribution in [0.5, 0.6) is 5.75 Å². The van der Waals surface area contributed by atoms with Crippen molar-refractivity contribution in [1.29, 1.82) is 0 Å². The van der Waals surface area contributed by atoms with Crippen LogP contribution in [0.1, 0.15) is 20.3 Å². The quantitative estimate of drug-likeness (QED) is 0.825. The summed E-state index contributed by atoms with van der Waals surface area (Å²) in [5.74, 6) is -1.99. The number of rotatable bonds is 5. The second-order valence-corrected chi connectivity index (χ2v) is 4.84. The Bertz CT molecular complexity index is 421. The summed E-state index contributed by atoms with van der Waals surface area (Å²) in [6, 6.07) is 3.82. The van der Waals surface area contributed by atoms with Crippen molar-refractivity contribution in [3.8, 4) is 5.75 Å². The molecule has 0 amide bonds. The molecule has 0 atom stereocenters. The molecule has 94 valence electrons. The second-order valence-electron chi connectivity index (χ2n) is 4.40. The molecule has 0 spiro atoms. The Labute approximate surface area is 105 Å². The zero-order chi connectivity index (χ0) is 13.1. The van der Waals surface area contributed by atoms with Gasteiger partial charge in [0.25, 0.3) is 0 Å². The number of hydrogen-bond acceptors (Lipinski definition) is 2. The molecule has 0 aromatic heterocycles. The zero-order valence-corrected chi connectivity index (χ0v) is 10.6. The molecule has 0 unspecified atom stereocenters. The van der Waals surface area contributed by atoms with Crippen molar-refractivity contribution in [2.45, 2.75) is 20.3 Å². The predicted molar refractivity (Wildman–Crippen MR) is 67.0 cm³/mol. The molecule has 5 heteroatoms. The largest absolute Gasteiger partial charge is 0.490 e. The molecule has 0 fully saturated rings. The van der Waals surface area contributed by atoms with Gasteiger partial charge in [0.1, 0.15) is 0 Å². The minimum atomic E-state index is -0.972. The number of thiocarbonyl (C=S) groups is 1. The Kier molecular flexibility index (Phi) is 4.40. The van der Waals surface area contributed by atoms with Crippen LogP contribution in [0.2, 0.25) is 0 Å². The summed E-state index contributed by atoms with van der Waals surface area (Å²) in [4.78, 5) is 0.376. The maximum atomic E-state index is 13.2. The molecule has 1 aromatic carbocycles. The molecule has 0 bridgehead atoms. The minimum absolute atomic E-state index is 0.0938. The molecular weight excluding hydrogens is 244 g/mol. The zero-order valence-electron chi connectivity index (χ0n) is 9.80. The normalized spacial score (nSPS) is 11.3. The first-order chi connectivity index (χ1) is 7.84. The number of benzene rings is 1. The Hall–Kier alpha value is -1.23. The topological polar surface area (TPSA) is 35.2 Å². The van der Waals surface area contributed by atoms with Crippen LogP contribution in [0.25, 0.3) is 0 Å². The first kappa shape index (κ1) is 13.8. The molecule has 1 rings (SSSR count). The third kappa shape index (κ3) is 3.63. The van der Waals surface area contributed by atoms with Crippen molar-refractivity contribution >= 4 is 17.2 Å². The first-order valence-corrected chi connectivity index (χ1v) is 5.62. The lowest BCUT2D eigenvalue weighted by molar-refractivity contribution is 0.256. The average molecular weight is 259 g/mol. The van der Waals surface area contributed by atoms with E-state index >= 15 is 0 Å². The van der Waals surface area contributed by atoms with Gasteiger partial charge in [-0.3, -0.25) is 0 Å². The summed E-state index contributed by atoms with van der Waals surface area (Å²) in [7, 11) is 0. The van der Waals surface area contributed by atoms with Crippen LogP contribution in [-0.2, 0) is 0 Å². The third-order valence-electron chi connectivity index (χ3n) is 2.57. The van der Waals surface area contributed by atoms with E-state index in [0.29, 0.717) is 11.4 Å². The van der Waals surface area contributed by atoms with Crippen LogP contribution < -0.4 is 10.5 Å². The van der Waals surface area contributed by atoms with Crippen LogP contribution in [0.4, 0.5) is 8.78 Å². The van der Waals surface area contributed by atoms with Crippen molar-refractivity contribution in [3.63, 3.8) is 0 Å². The van der Waals surface area contributed by atoms with Crippen LogP contribution in [0.15, 0.2) is 18.2 Å². The van der Waals surface area contributed by atoms with Gasteiger partial charge in [-0.25, -0.2) is 4.39 Å². The molecule has 0 aliphatic carbocycles. The highest BCUT2D eigenvalue weighted by Crippen LogP contribution is 2.23. The van der Waals surface area contributed by atoms with E-state index in [1.54, 1.807) is 0 Å². The van der Waals surface area contributed by atoms with Gasteiger partial charge in [0.05, 0.1) is 11.6 Å². The Balaban J connectivity index is 2.58. The molecule has 0 saturated carbocycles. The van der Waals surface area contributed by atoms with Crippen LogP contribution in [0, 0.1) is 17.0 Å². The highest BCUT2D eigenvalue weighted by Gasteiger charge is 2.21. The van der Waals surface area contributed by atoms with Gasteiger partial charge in [-0.15, -0.1) is 0 Å². The molecule has 2 N–H and O–H groups in total. The molecule has 0 saturated heterocycles. The van der Waals surface area contributed by atoms with Gasteiger partial charge < -0.3 is 10.5 Å². The summed E-state index contributed by atoms with van der Waals surface area (Å²) in [6.07, 6.45) is 0.540. The fourth-order valence-electron chi connectivity index (χ4n) is 1.13. The van der Waals surface area contributed by atoms with E-state index in [9.17, 15) is 8.78 Å². The van der Waals surface area contributed by atoms with Crippen molar-refractivity contribution in [2.75, 3.05) is 6.61 Å². The van der Waals surface area contributed by atoms with E-state index in [0.717, 1.165) is 6.07 Å². The fraction of sp³-hybridized carbons (Fsp3) is 0.417. The highest BCUT2D eigenvalue weighted by atomic mass is 32.1. The SMILES string of the molecule is CC(C)(CCOc1cccc(F)c1F)C(N)=S. The number of nitrogens with two attached hydrogens (primary N) is 1. The van der Waals surface area contributed by atoms with Crippen LogP contribution in [-0.4, -0.2) is 11.6 Å². The lowest BCUT2D eigenvalue weighted by atomic mass is 9.90. The van der Waals surface area contributed by atoms with Gasteiger partial charge in [0.15, 0.2) is 11.6 Å². The van der Waals surface area contributed by atoms with E-state index in [1.165, 1.54) is 12.1 Å². The molecule has 0 aliphatic heterocycles. The van der Waals surface area contributed by atoms with Gasteiger partial charge in [0, 0.05) is 5.41 Å². The Morgan fingerprint density at radius 2 is 2.06 bits per heavy atom. The number of ether oxygens (including phenoxy) is 1. The molecule has 0 heterocycles. The van der Waals surface area contributed by atoms with E-state index < -0.39 is 11.6 Å². The second kappa shape index (κ2) is 5.40. The van der Waals surface area contributed by atoms with E-state index in [2.05, 4.69) is 0 Å². The van der Waals surface area contributed by atoms with Gasteiger partial charge in [0.2, 0.25) is 5.82 Å². The van der Waals surface area contributed by atoms with Crippen molar-refractivity contribution in [3.05, 3.63) is 29.8 Å². The van der Waals surface area contributed by atoms with Crippen molar-refractivity contribution < 1.29 is 13.5 Å². The summed E-state index contributed by atoms with van der Waals surface area (Å²) >= 11 is 4.90. The number of hydrogen-bond donors (Lipinski definition) is 1. The molecule has 17 heavy (non-hydrogen) atoms. The predicted octanol–water partition coefficient (Wildman–Crippen LogP) is 3.05. The molecule has 1 aromatic rings. The summed E-state index contributed by atoms with van der Waals surface area (Å²) in [6.45, 7) is 3.98. The monoisotopic (exact) mass is 259 g/mol. The van der Waals surface area contributed by atoms with Crippen molar-refractivity contribution in [1.82, 2.24) is 0 Å². The average Bonchev–Trinajstić information content (AvgIpc) is 2.24. The molecular formula is C12H15F2NOS. The van der Waals surface area contributed by atoms with Gasteiger partial charge in [-0.1, -0.05) is 32.1 Å². The fourth-order valence-corrected chi connectivity index (χ4v) is 1.24. The van der Waals surface area contributed by atoms with E-state index in [1.807, 2.05) is 13.8 Å². The lowest BCUT2D eigenvalue weighted by Crippen LogP contribution is -2.31. The van der Waals surface area contributed by atoms with Crippen LogP contribution in [0.3, 0.4) is 0 Å². The number of halogens is 2. The van der Waals surface area contributed by atoms with Crippen molar-refractivity contribution in [2.24, 2.45) is 11.1 Å². The first-order valence-electron chi connectivity index (χ1n) is 5.21. The van der Waals surface area contributed by atoms with E-state index in [-0.39, 0.29) is 17.8 Å². The standard InChI is InChI=1S/C12H15F2NOS/c1-12(2,11(15)17)6-7-16-9-5-3-4-8(13)10(9)14/h3-5H,6-7H2,1-2H3,(H2,15,17). The van der Waals surface area contributed by atoms with Gasteiger partial charge in [-0.05, 0) is 18.6 Å². The van der Waals surface area contributed by atoms with Gasteiger partial charge in [-0.2, -0.15) is 4.39 Å². The summed E-state index contributed by atoms with van der Waals surface area (Å²) in [5.41, 5.74) is 5.18. The third-order valence-corrected chi connectivity index (χ3v) is 3.12. The highest BCUT2D eigenvalue weighted by molar-refractivity contribution is 7.80. The summed E-state index contributed by atoms with van der Waals surface area (Å²) in [5, 5.41) is 0. The maximum absolute atomic E-state index is 13.2. The maximum Gasteiger partial charge on any atom is 0.200 e. The molecule has 2 nitrogen and oxygen atoms in total.